The van der Waals surface area contributed by atoms with Crippen LogP contribution in [0.3, 0.4) is 0 Å². The van der Waals surface area contributed by atoms with Crippen molar-refractivity contribution in [3.8, 4) is 12.1 Å². The quantitative estimate of drug-likeness (QED) is 0.433. The molecule has 1 heterocycles. The Morgan fingerprint density at radius 1 is 1.10 bits per heavy atom. The summed E-state index contributed by atoms with van der Waals surface area (Å²) in [4.78, 5) is 26.7. The number of imide groups is 1. The molecule has 6 nitrogen and oxygen atoms in total. The lowest BCUT2D eigenvalue weighted by molar-refractivity contribution is -0.121. The van der Waals surface area contributed by atoms with Gasteiger partial charge >= 0.3 is 0 Å². The van der Waals surface area contributed by atoms with Gasteiger partial charge in [0.15, 0.2) is 5.57 Å². The van der Waals surface area contributed by atoms with Crippen LogP contribution in [0.5, 0.6) is 0 Å². The van der Waals surface area contributed by atoms with Gasteiger partial charge in [-0.3, -0.25) is 9.59 Å². The number of rotatable bonds is 5. The second-order valence-corrected chi connectivity index (χ2v) is 8.88. The van der Waals surface area contributed by atoms with E-state index in [4.69, 9.17) is 0 Å². The molecule has 0 aliphatic carbocycles. The number of hydrogen-bond donors (Lipinski definition) is 1. The zero-order valence-electron chi connectivity index (χ0n) is 14.7. The third-order valence-electron chi connectivity index (χ3n) is 4.00. The molecule has 1 aliphatic heterocycles. The molecule has 29 heavy (non-hydrogen) atoms. The van der Waals surface area contributed by atoms with Gasteiger partial charge in [0.1, 0.15) is 17.2 Å². The molecule has 2 aromatic carbocycles. The maximum Gasteiger partial charge on any atom is 0.247 e. The van der Waals surface area contributed by atoms with Crippen molar-refractivity contribution >= 4 is 66.8 Å². The van der Waals surface area contributed by atoms with Crippen molar-refractivity contribution in [2.24, 2.45) is 0 Å². The van der Waals surface area contributed by atoms with Crippen molar-refractivity contribution in [1.82, 2.24) is 0 Å². The Morgan fingerprint density at radius 3 is 2.41 bits per heavy atom. The van der Waals surface area contributed by atoms with Crippen LogP contribution in [0.2, 0.25) is 0 Å². The second kappa shape index (κ2) is 9.27. The Morgan fingerprint density at radius 2 is 1.79 bits per heavy atom. The number of allylic oxidation sites excluding steroid dienone is 1. The van der Waals surface area contributed by atoms with Crippen molar-refractivity contribution in [1.29, 1.82) is 10.5 Å². The maximum absolute atomic E-state index is 13.0. The van der Waals surface area contributed by atoms with Crippen LogP contribution in [0.4, 0.5) is 11.4 Å². The van der Waals surface area contributed by atoms with Gasteiger partial charge in [-0.05, 0) is 46.3 Å². The molecule has 0 spiro atoms. The summed E-state index contributed by atoms with van der Waals surface area (Å²) >= 11 is 7.74. The Bertz CT molecular complexity index is 1070. The number of nitriles is 2. The minimum atomic E-state index is -0.749. The van der Waals surface area contributed by atoms with E-state index < -0.39 is 11.2 Å². The average molecular weight is 532 g/mol. The van der Waals surface area contributed by atoms with Gasteiger partial charge in [-0.25, -0.2) is 4.90 Å². The summed E-state index contributed by atoms with van der Waals surface area (Å²) in [6.45, 7) is 0. The maximum atomic E-state index is 13.0. The van der Waals surface area contributed by atoms with Crippen LogP contribution in [0.15, 0.2) is 68.1 Å². The standard InChI is InChI=1S/C20H12Br2N4O2S/c21-13-6-7-16(15(22)8-13)26-18(27)9-17(20(26)28)29-19(12(10-23)11-24)25-14-4-2-1-3-5-14/h1-8,17,25H,9H2. The SMILES string of the molecule is N#CC(C#N)=C(Nc1ccccc1)SC1CC(=O)N(c2ccc(Br)cc2Br)C1=O. The van der Waals surface area contributed by atoms with E-state index in [1.807, 2.05) is 18.2 Å². The summed E-state index contributed by atoms with van der Waals surface area (Å²) in [6, 6.07) is 17.9. The van der Waals surface area contributed by atoms with Gasteiger partial charge in [0.25, 0.3) is 0 Å². The van der Waals surface area contributed by atoms with E-state index in [0.29, 0.717) is 15.8 Å². The lowest BCUT2D eigenvalue weighted by atomic mass is 10.3. The van der Waals surface area contributed by atoms with Crippen LogP contribution in [0.1, 0.15) is 6.42 Å². The molecule has 2 amide bonds. The van der Waals surface area contributed by atoms with Gasteiger partial charge in [0.2, 0.25) is 11.8 Å². The summed E-state index contributed by atoms with van der Waals surface area (Å²) in [5.74, 6) is -0.740. The zero-order chi connectivity index (χ0) is 21.0. The normalized spacial score (nSPS) is 15.6. The van der Waals surface area contributed by atoms with Gasteiger partial charge in [-0.15, -0.1) is 0 Å². The molecule has 1 unspecified atom stereocenters. The van der Waals surface area contributed by atoms with Crippen molar-refractivity contribution in [2.45, 2.75) is 11.7 Å². The average Bonchev–Trinajstić information content (AvgIpc) is 2.97. The second-order valence-electron chi connectivity index (χ2n) is 5.89. The molecule has 1 saturated heterocycles. The number of para-hydroxylation sites is 1. The number of amides is 2. The van der Waals surface area contributed by atoms with Crippen molar-refractivity contribution in [2.75, 3.05) is 10.2 Å². The van der Waals surface area contributed by atoms with Crippen LogP contribution >= 0.6 is 43.6 Å². The summed E-state index contributed by atoms with van der Waals surface area (Å²) < 4.78 is 1.41. The van der Waals surface area contributed by atoms with E-state index in [2.05, 4.69) is 37.2 Å². The van der Waals surface area contributed by atoms with Crippen LogP contribution in [-0.2, 0) is 9.59 Å². The van der Waals surface area contributed by atoms with Gasteiger partial charge < -0.3 is 5.32 Å². The Labute approximate surface area is 188 Å². The number of hydrogen-bond acceptors (Lipinski definition) is 6. The third-order valence-corrected chi connectivity index (χ3v) is 6.32. The van der Waals surface area contributed by atoms with Gasteiger partial charge in [-0.1, -0.05) is 45.9 Å². The minimum Gasteiger partial charge on any atom is -0.349 e. The first-order valence-corrected chi connectivity index (χ1v) is 10.8. The number of carbonyl (C=O) groups is 2. The summed E-state index contributed by atoms with van der Waals surface area (Å²) in [5, 5.41) is 21.1. The van der Waals surface area contributed by atoms with Crippen molar-refractivity contribution in [3.05, 3.63) is 68.1 Å². The number of carbonyl (C=O) groups excluding carboxylic acids is 2. The molecule has 0 aromatic heterocycles. The first-order valence-electron chi connectivity index (χ1n) is 8.29. The first kappa shape index (κ1) is 21.1. The highest BCUT2D eigenvalue weighted by molar-refractivity contribution is 9.11. The molecule has 9 heteroatoms. The predicted octanol–water partition coefficient (Wildman–Crippen LogP) is 4.95. The fourth-order valence-electron chi connectivity index (χ4n) is 2.68. The molecule has 0 bridgehead atoms. The Hall–Kier alpha value is -2.59. The van der Waals surface area contributed by atoms with E-state index in [1.165, 1.54) is 0 Å². The molecule has 0 saturated carbocycles. The number of nitrogens with one attached hydrogen (secondary N) is 1. The number of halogens is 2. The molecule has 144 valence electrons. The topological polar surface area (TPSA) is 97.0 Å². The monoisotopic (exact) mass is 530 g/mol. The van der Waals surface area contributed by atoms with Gasteiger partial charge in [0, 0.05) is 21.1 Å². The highest BCUT2D eigenvalue weighted by Gasteiger charge is 2.41. The summed E-state index contributed by atoms with van der Waals surface area (Å²) in [6.07, 6.45) is -0.0316. The molecule has 0 radical (unpaired) electrons. The Kier molecular flexibility index (Phi) is 6.75. The summed E-state index contributed by atoms with van der Waals surface area (Å²) in [7, 11) is 0. The van der Waals surface area contributed by atoms with Gasteiger partial charge in [0.05, 0.1) is 10.9 Å². The van der Waals surface area contributed by atoms with E-state index in [1.54, 1.807) is 42.5 Å². The fourth-order valence-corrected chi connectivity index (χ4v) is 5.01. The number of benzene rings is 2. The first-order chi connectivity index (χ1) is 13.9. The van der Waals surface area contributed by atoms with E-state index in [0.717, 1.165) is 21.1 Å². The van der Waals surface area contributed by atoms with Crippen LogP contribution in [0, 0.1) is 22.7 Å². The minimum absolute atomic E-state index is 0.0316. The lowest BCUT2D eigenvalue weighted by Crippen LogP contribution is -2.31. The van der Waals surface area contributed by atoms with Crippen molar-refractivity contribution in [3.63, 3.8) is 0 Å². The number of anilines is 2. The smallest absolute Gasteiger partial charge is 0.247 e. The number of thioether (sulfide) groups is 1. The molecule has 1 aliphatic rings. The molecular weight excluding hydrogens is 520 g/mol. The van der Waals surface area contributed by atoms with Gasteiger partial charge in [-0.2, -0.15) is 10.5 Å². The van der Waals surface area contributed by atoms with Crippen molar-refractivity contribution < 1.29 is 9.59 Å². The lowest BCUT2D eigenvalue weighted by Gasteiger charge is -2.17. The Balaban J connectivity index is 1.88. The zero-order valence-corrected chi connectivity index (χ0v) is 18.7. The molecule has 1 fully saturated rings. The van der Waals surface area contributed by atoms with E-state index in [9.17, 15) is 20.1 Å². The molecule has 2 aromatic rings. The third kappa shape index (κ3) is 4.70. The largest absolute Gasteiger partial charge is 0.349 e. The van der Waals surface area contributed by atoms with Crippen LogP contribution < -0.4 is 10.2 Å². The van der Waals surface area contributed by atoms with E-state index >= 15 is 0 Å². The molecule has 1 N–H and O–H groups in total. The highest BCUT2D eigenvalue weighted by Crippen LogP contribution is 2.38. The van der Waals surface area contributed by atoms with E-state index in [-0.39, 0.29) is 22.9 Å². The number of nitrogens with zero attached hydrogens (tertiary/aromatic N) is 3. The highest BCUT2D eigenvalue weighted by atomic mass is 79.9. The van der Waals surface area contributed by atoms with Crippen LogP contribution in [0.25, 0.3) is 0 Å². The summed E-state index contributed by atoms with van der Waals surface area (Å²) in [5.41, 5.74) is 0.971. The molecule has 3 rings (SSSR count). The molecule has 1 atom stereocenters. The fraction of sp³-hybridized carbons (Fsp3) is 0.100. The van der Waals surface area contributed by atoms with Crippen LogP contribution in [-0.4, -0.2) is 17.1 Å². The predicted molar refractivity (Wildman–Crippen MR) is 119 cm³/mol. The molecular formula is C20H12Br2N4O2S.